The molecule has 0 saturated heterocycles. The monoisotopic (exact) mass is 624 g/mol. The third-order valence-electron chi connectivity index (χ3n) is 8.80. The van der Waals surface area contributed by atoms with Crippen LogP contribution in [0.4, 0.5) is 24.5 Å². The van der Waals surface area contributed by atoms with Crippen molar-refractivity contribution in [2.45, 2.75) is 62.9 Å². The summed E-state index contributed by atoms with van der Waals surface area (Å²) < 4.78 is 43.0. The Kier molecular flexibility index (Phi) is 8.87. The van der Waals surface area contributed by atoms with Crippen molar-refractivity contribution in [1.82, 2.24) is 0 Å². The molecule has 232 valence electrons. The van der Waals surface area contributed by atoms with E-state index in [2.05, 4.69) is 97.7 Å². The van der Waals surface area contributed by atoms with Gasteiger partial charge >= 0.3 is 6.18 Å². The van der Waals surface area contributed by atoms with Gasteiger partial charge in [-0.15, -0.1) is 0 Å². The maximum atomic E-state index is 14.3. The van der Waals surface area contributed by atoms with Gasteiger partial charge in [-0.05, 0) is 76.6 Å². The average Bonchev–Trinajstić information content (AvgIpc) is 3.40. The van der Waals surface area contributed by atoms with Crippen LogP contribution in [0.1, 0.15) is 56.7 Å². The van der Waals surface area contributed by atoms with Gasteiger partial charge in [-0.2, -0.15) is 13.2 Å². The van der Waals surface area contributed by atoms with Crippen LogP contribution in [0.2, 0.25) is 0 Å². The lowest BCUT2D eigenvalue weighted by Gasteiger charge is -2.34. The molecule has 5 aromatic carbocycles. The van der Waals surface area contributed by atoms with E-state index in [0.29, 0.717) is 12.0 Å². The van der Waals surface area contributed by atoms with Gasteiger partial charge in [0.1, 0.15) is 0 Å². The van der Waals surface area contributed by atoms with Crippen LogP contribution in [0.3, 0.4) is 0 Å². The van der Waals surface area contributed by atoms with Gasteiger partial charge in [0.25, 0.3) is 0 Å². The van der Waals surface area contributed by atoms with Crippen molar-refractivity contribution in [3.63, 3.8) is 0 Å². The Morgan fingerprint density at radius 2 is 1.44 bits per heavy atom. The molecule has 0 spiro atoms. The minimum absolute atomic E-state index is 0.246. The Bertz CT molecular complexity index is 1860. The van der Waals surface area contributed by atoms with Crippen LogP contribution in [0, 0.1) is 0 Å². The van der Waals surface area contributed by atoms with Crippen molar-refractivity contribution in [2.75, 3.05) is 23.3 Å². The van der Waals surface area contributed by atoms with Crippen molar-refractivity contribution in [2.24, 2.45) is 0 Å². The zero-order valence-electron chi connectivity index (χ0n) is 26.0. The van der Waals surface area contributed by atoms with E-state index in [0.717, 1.165) is 53.0 Å². The van der Waals surface area contributed by atoms with E-state index >= 15 is 0 Å². The van der Waals surface area contributed by atoms with E-state index in [9.17, 15) is 13.2 Å². The molecule has 0 fully saturated rings. The second kappa shape index (κ2) is 12.8. The Morgan fingerprint density at radius 3 is 2.18 bits per heavy atom. The molecule has 6 rings (SSSR count). The summed E-state index contributed by atoms with van der Waals surface area (Å²) in [5.74, 6) is 0. The molecule has 0 radical (unpaired) electrons. The van der Waals surface area contributed by atoms with Crippen LogP contribution < -0.4 is 10.2 Å². The Labute approximate surface area is 268 Å². The number of nitrogens with one attached hydrogen (secondary N) is 1. The van der Waals surface area contributed by atoms with Crippen molar-refractivity contribution in [3.05, 3.63) is 125 Å². The molecular formula is C39H39F3N2S. The number of thioether (sulfide) groups is 1. The van der Waals surface area contributed by atoms with E-state index in [1.54, 1.807) is 23.9 Å². The first-order valence-corrected chi connectivity index (χ1v) is 16.6. The van der Waals surface area contributed by atoms with Gasteiger partial charge in [0.05, 0.1) is 16.3 Å². The van der Waals surface area contributed by atoms with Crippen LogP contribution in [0.5, 0.6) is 0 Å². The van der Waals surface area contributed by atoms with E-state index in [4.69, 9.17) is 0 Å². The van der Waals surface area contributed by atoms with Crippen molar-refractivity contribution < 1.29 is 13.2 Å². The minimum atomic E-state index is -4.43. The van der Waals surface area contributed by atoms with Crippen LogP contribution in [0.25, 0.3) is 21.5 Å². The van der Waals surface area contributed by atoms with E-state index < -0.39 is 17.2 Å². The number of halogens is 3. The second-order valence-corrected chi connectivity index (χ2v) is 13.2. The average molecular weight is 625 g/mol. The molecule has 0 aromatic heterocycles. The maximum Gasteiger partial charge on any atom is 0.416 e. The molecule has 5 aromatic rings. The predicted octanol–water partition coefficient (Wildman–Crippen LogP) is 11.6. The molecule has 0 aliphatic carbocycles. The summed E-state index contributed by atoms with van der Waals surface area (Å²) in [6.07, 6.45) is 0.586. The number of alkyl halides is 3. The smallest absolute Gasteiger partial charge is 0.385 e. The molecule has 0 amide bonds. The Morgan fingerprint density at radius 1 is 0.778 bits per heavy atom. The summed E-state index contributed by atoms with van der Waals surface area (Å²) in [7, 11) is 0. The van der Waals surface area contributed by atoms with Gasteiger partial charge < -0.3 is 10.2 Å². The highest BCUT2D eigenvalue weighted by Gasteiger charge is 2.38. The molecule has 6 heteroatoms. The van der Waals surface area contributed by atoms with Crippen LogP contribution in [-0.2, 0) is 18.0 Å². The largest absolute Gasteiger partial charge is 0.416 e. The normalized spacial score (nSPS) is 15.5. The highest BCUT2D eigenvalue weighted by Crippen LogP contribution is 2.51. The second-order valence-electron chi connectivity index (χ2n) is 12.2. The first-order valence-electron chi connectivity index (χ1n) is 15.8. The fourth-order valence-corrected chi connectivity index (χ4v) is 7.97. The summed E-state index contributed by atoms with van der Waals surface area (Å²) in [4.78, 5) is 3.63. The number of nitrogens with zero attached hydrogens (tertiary/aromatic N) is 1. The maximum absolute atomic E-state index is 14.3. The molecule has 1 N–H and O–H groups in total. The van der Waals surface area contributed by atoms with Crippen molar-refractivity contribution in [1.29, 1.82) is 0 Å². The fraction of sp³-hybridized carbons (Fsp3) is 0.282. The molecule has 0 bridgehead atoms. The molecule has 1 aliphatic heterocycles. The summed E-state index contributed by atoms with van der Waals surface area (Å²) in [6, 6.07) is 31.4. The van der Waals surface area contributed by atoms with Gasteiger partial charge in [-0.3, -0.25) is 0 Å². The lowest BCUT2D eigenvalue weighted by Crippen LogP contribution is -2.28. The highest BCUT2D eigenvalue weighted by atomic mass is 32.2. The number of hydrogen-bond donors (Lipinski definition) is 1. The van der Waals surface area contributed by atoms with E-state index in [1.165, 1.54) is 33.5 Å². The van der Waals surface area contributed by atoms with Crippen LogP contribution in [0.15, 0.2) is 113 Å². The van der Waals surface area contributed by atoms with Gasteiger partial charge in [0, 0.05) is 29.1 Å². The third-order valence-corrected chi connectivity index (χ3v) is 10.0. The molecule has 0 saturated carbocycles. The van der Waals surface area contributed by atoms with Gasteiger partial charge in [0.15, 0.2) is 0 Å². The quantitative estimate of drug-likeness (QED) is 0.166. The highest BCUT2D eigenvalue weighted by molar-refractivity contribution is 8.04. The summed E-state index contributed by atoms with van der Waals surface area (Å²) in [5, 5.41) is 9.35. The molecule has 45 heavy (non-hydrogen) atoms. The number of rotatable bonds is 10. The third kappa shape index (κ3) is 6.17. The van der Waals surface area contributed by atoms with Crippen molar-refractivity contribution in [3.8, 4) is 0 Å². The fourth-order valence-electron chi connectivity index (χ4n) is 6.71. The Balaban J connectivity index is 1.51. The standard InChI is InChI=1S/C39H39F3N2S/c1-4-24-43-33-20-18-27-12-6-9-15-30(27)36(33)38(3,26-29-14-8-11-17-32(29)39(40,41)42)23-22-35-44(25-5-2)34-21-19-28-13-7-10-16-31(28)37(34)45-35/h6-22,43H,4-5,23-26H2,1-3H3/b35-22-. The molecule has 1 aliphatic rings. The van der Waals surface area contributed by atoms with E-state index in [-0.39, 0.29) is 6.42 Å². The molecule has 1 unspecified atom stereocenters. The molecule has 2 nitrogen and oxygen atoms in total. The summed E-state index contributed by atoms with van der Waals surface area (Å²) in [5.41, 5.74) is 2.36. The zero-order valence-corrected chi connectivity index (χ0v) is 26.9. The summed E-state index contributed by atoms with van der Waals surface area (Å²) >= 11 is 1.78. The van der Waals surface area contributed by atoms with Gasteiger partial charge in [0.2, 0.25) is 0 Å². The van der Waals surface area contributed by atoms with Crippen LogP contribution >= 0.6 is 11.8 Å². The Hall–Kier alpha value is -3.90. The number of fused-ring (bicyclic) bond motifs is 4. The number of allylic oxidation sites excluding steroid dienone is 1. The lowest BCUT2D eigenvalue weighted by molar-refractivity contribution is -0.138. The van der Waals surface area contributed by atoms with Crippen LogP contribution in [-0.4, -0.2) is 13.1 Å². The van der Waals surface area contributed by atoms with Crippen molar-refractivity contribution >= 4 is 44.7 Å². The van der Waals surface area contributed by atoms with Gasteiger partial charge in [-0.25, -0.2) is 0 Å². The van der Waals surface area contributed by atoms with E-state index in [1.807, 2.05) is 12.1 Å². The number of benzene rings is 5. The molecule has 1 atom stereocenters. The number of anilines is 2. The molecular weight excluding hydrogens is 586 g/mol. The zero-order chi connectivity index (χ0) is 31.6. The number of hydrogen-bond acceptors (Lipinski definition) is 3. The predicted molar refractivity (Wildman–Crippen MR) is 185 cm³/mol. The lowest BCUT2D eigenvalue weighted by atomic mass is 9.71. The first-order chi connectivity index (χ1) is 21.7. The van der Waals surface area contributed by atoms with Gasteiger partial charge in [-0.1, -0.05) is 117 Å². The minimum Gasteiger partial charge on any atom is -0.385 e. The molecule has 1 heterocycles. The summed E-state index contributed by atoms with van der Waals surface area (Å²) in [6.45, 7) is 8.10. The first kappa shape index (κ1) is 31.1. The topological polar surface area (TPSA) is 15.3 Å². The SMILES string of the molecule is CCCNc1ccc2ccccc2c1C(C)(C/C=C1\Sc2c(ccc3ccccc23)N1CCC)Cc1ccccc1C(F)(F)F.